The number of ether oxygens (including phenoxy) is 1. The SMILES string of the molecule is CN1C(=S)[C@@H](NC(=O)c2nc(Cc3ccccc3)n(CCCCCC#N)n2)COc2ccccc21. The fraction of sp³-hybridized carbons (Fsp3) is 0.346. The van der Waals surface area contributed by atoms with Gasteiger partial charge in [0.15, 0.2) is 0 Å². The number of nitrogens with zero attached hydrogens (tertiary/aromatic N) is 5. The molecule has 180 valence electrons. The van der Waals surface area contributed by atoms with Gasteiger partial charge in [-0.15, -0.1) is 5.10 Å². The molecule has 9 heteroatoms. The molecule has 1 atom stereocenters. The second-order valence-electron chi connectivity index (χ2n) is 8.41. The molecule has 4 rings (SSSR count). The van der Waals surface area contributed by atoms with Crippen molar-refractivity contribution in [3.05, 3.63) is 71.8 Å². The molecule has 0 aliphatic carbocycles. The maximum Gasteiger partial charge on any atom is 0.291 e. The van der Waals surface area contributed by atoms with E-state index in [0.29, 0.717) is 24.4 Å². The number of carbonyl (C=O) groups excluding carboxylic acids is 1. The first-order chi connectivity index (χ1) is 17.1. The van der Waals surface area contributed by atoms with Gasteiger partial charge >= 0.3 is 0 Å². The number of anilines is 1. The zero-order valence-electron chi connectivity index (χ0n) is 19.7. The van der Waals surface area contributed by atoms with Crippen molar-refractivity contribution < 1.29 is 9.53 Å². The molecule has 0 radical (unpaired) electrons. The first-order valence-corrected chi connectivity index (χ1v) is 12.1. The highest BCUT2D eigenvalue weighted by Gasteiger charge is 2.29. The van der Waals surface area contributed by atoms with Crippen LogP contribution in [0.25, 0.3) is 0 Å². The van der Waals surface area contributed by atoms with Crippen molar-refractivity contribution in [1.82, 2.24) is 20.1 Å². The number of hydrogen-bond donors (Lipinski definition) is 1. The molecule has 0 bridgehead atoms. The molecule has 0 unspecified atom stereocenters. The van der Waals surface area contributed by atoms with Gasteiger partial charge in [0.25, 0.3) is 5.91 Å². The summed E-state index contributed by atoms with van der Waals surface area (Å²) >= 11 is 5.65. The van der Waals surface area contributed by atoms with Gasteiger partial charge in [-0.2, -0.15) is 5.26 Å². The topological polar surface area (TPSA) is 96.1 Å². The Hall–Kier alpha value is -3.77. The van der Waals surface area contributed by atoms with E-state index in [1.54, 1.807) is 4.68 Å². The van der Waals surface area contributed by atoms with Crippen LogP contribution < -0.4 is 15.0 Å². The molecule has 1 N–H and O–H groups in total. The second-order valence-corrected chi connectivity index (χ2v) is 8.83. The lowest BCUT2D eigenvalue weighted by Gasteiger charge is -2.23. The minimum atomic E-state index is -0.495. The van der Waals surface area contributed by atoms with Gasteiger partial charge in [-0.25, -0.2) is 9.67 Å². The molecule has 1 amide bonds. The Bertz CT molecular complexity index is 1220. The van der Waals surface area contributed by atoms with Crippen LogP contribution in [0, 0.1) is 11.3 Å². The number of hydrogen-bond acceptors (Lipinski definition) is 6. The Labute approximate surface area is 210 Å². The van der Waals surface area contributed by atoms with Crippen LogP contribution in [-0.2, 0) is 13.0 Å². The summed E-state index contributed by atoms with van der Waals surface area (Å²) < 4.78 is 7.72. The highest BCUT2D eigenvalue weighted by atomic mass is 32.1. The number of fused-ring (bicyclic) bond motifs is 1. The summed E-state index contributed by atoms with van der Waals surface area (Å²) in [5.74, 6) is 1.17. The van der Waals surface area contributed by atoms with Crippen LogP contribution in [0.5, 0.6) is 5.75 Å². The molecule has 2 aromatic carbocycles. The molecule has 1 aliphatic rings. The third-order valence-corrected chi connectivity index (χ3v) is 6.44. The fourth-order valence-corrected chi connectivity index (χ4v) is 4.21. The molecule has 0 saturated carbocycles. The normalized spacial score (nSPS) is 15.0. The minimum absolute atomic E-state index is 0.111. The molecule has 1 aromatic heterocycles. The van der Waals surface area contributed by atoms with Crippen molar-refractivity contribution in [1.29, 1.82) is 5.26 Å². The van der Waals surface area contributed by atoms with Crippen molar-refractivity contribution in [2.75, 3.05) is 18.6 Å². The van der Waals surface area contributed by atoms with Crippen molar-refractivity contribution >= 4 is 28.8 Å². The number of carbonyl (C=O) groups is 1. The Balaban J connectivity index is 1.49. The van der Waals surface area contributed by atoms with Crippen LogP contribution in [0.15, 0.2) is 54.6 Å². The molecule has 0 spiro atoms. The first kappa shape index (κ1) is 24.4. The largest absolute Gasteiger partial charge is 0.489 e. The summed E-state index contributed by atoms with van der Waals surface area (Å²) in [6.07, 6.45) is 3.74. The van der Waals surface area contributed by atoms with Gasteiger partial charge < -0.3 is 15.0 Å². The quantitative estimate of drug-likeness (QED) is 0.360. The predicted molar refractivity (Wildman–Crippen MR) is 138 cm³/mol. The van der Waals surface area contributed by atoms with Gasteiger partial charge in [0.1, 0.15) is 29.2 Å². The van der Waals surface area contributed by atoms with E-state index in [-0.39, 0.29) is 12.4 Å². The zero-order chi connectivity index (χ0) is 24.6. The Morgan fingerprint density at radius 2 is 1.94 bits per heavy atom. The molecule has 3 aromatic rings. The molecule has 8 nitrogen and oxygen atoms in total. The van der Waals surface area contributed by atoms with E-state index in [4.69, 9.17) is 22.2 Å². The summed E-state index contributed by atoms with van der Waals surface area (Å²) in [5.41, 5.74) is 1.95. The van der Waals surface area contributed by atoms with Crippen LogP contribution >= 0.6 is 12.2 Å². The molecule has 1 aliphatic heterocycles. The second kappa shape index (κ2) is 11.6. The summed E-state index contributed by atoms with van der Waals surface area (Å²) in [6.45, 7) is 0.860. The van der Waals surface area contributed by atoms with E-state index in [2.05, 4.69) is 21.5 Å². The number of amides is 1. The summed E-state index contributed by atoms with van der Waals surface area (Å²) in [5, 5.41) is 16.2. The van der Waals surface area contributed by atoms with Gasteiger partial charge in [-0.05, 0) is 30.5 Å². The highest BCUT2D eigenvalue weighted by molar-refractivity contribution is 7.80. The average Bonchev–Trinajstić information content (AvgIpc) is 3.23. The van der Waals surface area contributed by atoms with Gasteiger partial charge in [0, 0.05) is 26.4 Å². The Morgan fingerprint density at radius 1 is 1.17 bits per heavy atom. The number of nitriles is 1. The van der Waals surface area contributed by atoms with E-state index < -0.39 is 11.9 Å². The lowest BCUT2D eigenvalue weighted by molar-refractivity contribution is 0.0927. The van der Waals surface area contributed by atoms with Gasteiger partial charge in [-0.1, -0.05) is 61.1 Å². The zero-order valence-corrected chi connectivity index (χ0v) is 20.5. The van der Waals surface area contributed by atoms with Crippen LogP contribution in [0.2, 0.25) is 0 Å². The van der Waals surface area contributed by atoms with Gasteiger partial charge in [0.2, 0.25) is 5.82 Å². The lowest BCUT2D eigenvalue weighted by Crippen LogP contribution is -2.48. The molecular weight excluding hydrogens is 460 g/mol. The number of likely N-dealkylation sites (N-methyl/N-ethyl adjacent to an activating group) is 1. The number of nitrogens with one attached hydrogen (secondary N) is 1. The van der Waals surface area contributed by atoms with Crippen molar-refractivity contribution in [3.8, 4) is 11.8 Å². The number of unbranched alkanes of at least 4 members (excludes halogenated alkanes) is 3. The third kappa shape index (κ3) is 6.03. The van der Waals surface area contributed by atoms with Crippen LogP contribution in [0.3, 0.4) is 0 Å². The van der Waals surface area contributed by atoms with Crippen molar-refractivity contribution in [2.24, 2.45) is 0 Å². The Morgan fingerprint density at radius 3 is 2.74 bits per heavy atom. The number of aromatic nitrogens is 3. The maximum absolute atomic E-state index is 13.2. The fourth-order valence-electron chi connectivity index (χ4n) is 3.98. The molecule has 2 heterocycles. The summed E-state index contributed by atoms with van der Waals surface area (Å²) in [4.78, 5) is 20.2. The maximum atomic E-state index is 13.2. The first-order valence-electron chi connectivity index (χ1n) is 11.7. The van der Waals surface area contributed by atoms with E-state index in [0.717, 1.165) is 42.1 Å². The average molecular weight is 489 g/mol. The predicted octanol–water partition coefficient (Wildman–Crippen LogP) is 3.91. The monoisotopic (exact) mass is 488 g/mol. The standard InChI is InChI=1S/C26H28N6O2S/c1-31-21-13-7-8-14-22(21)34-18-20(26(31)35)28-25(33)24-29-23(17-19-11-5-4-6-12-19)32(30-24)16-10-3-2-9-15-27/h4-8,11-14,20H,2-3,9-10,16-18H2,1H3,(H,28,33)/t20-/m0/s1. The number of thiocarbonyl (C=S) groups is 1. The van der Waals surface area contributed by atoms with Gasteiger partial charge in [-0.3, -0.25) is 4.79 Å². The van der Waals surface area contributed by atoms with E-state index in [1.165, 1.54) is 0 Å². The number of rotatable bonds is 9. The number of para-hydroxylation sites is 2. The van der Waals surface area contributed by atoms with Crippen LogP contribution in [-0.4, -0.2) is 45.4 Å². The van der Waals surface area contributed by atoms with Crippen molar-refractivity contribution in [3.63, 3.8) is 0 Å². The lowest BCUT2D eigenvalue weighted by atomic mass is 10.1. The summed E-state index contributed by atoms with van der Waals surface area (Å²) in [7, 11) is 1.87. The summed E-state index contributed by atoms with van der Waals surface area (Å²) in [6, 6.07) is 19.3. The van der Waals surface area contributed by atoms with E-state index in [9.17, 15) is 4.79 Å². The van der Waals surface area contributed by atoms with E-state index in [1.807, 2.05) is 66.5 Å². The third-order valence-electron chi connectivity index (χ3n) is 5.88. The van der Waals surface area contributed by atoms with E-state index >= 15 is 0 Å². The number of benzene rings is 2. The molecule has 0 fully saturated rings. The highest BCUT2D eigenvalue weighted by Crippen LogP contribution is 2.30. The molecule has 0 saturated heterocycles. The minimum Gasteiger partial charge on any atom is -0.489 e. The molecule has 35 heavy (non-hydrogen) atoms. The Kier molecular flexibility index (Phi) is 8.06. The number of aryl methyl sites for hydroxylation is 1. The smallest absolute Gasteiger partial charge is 0.291 e. The molecular formula is C26H28N6O2S. The van der Waals surface area contributed by atoms with Crippen molar-refractivity contribution in [2.45, 2.75) is 44.7 Å². The van der Waals surface area contributed by atoms with Crippen LogP contribution in [0.4, 0.5) is 5.69 Å². The van der Waals surface area contributed by atoms with Crippen LogP contribution in [0.1, 0.15) is 47.7 Å². The van der Waals surface area contributed by atoms with Gasteiger partial charge in [0.05, 0.1) is 11.8 Å².